The smallest absolute Gasteiger partial charge is 0.320 e. The molecule has 2 amide bonds. The van der Waals surface area contributed by atoms with Gasteiger partial charge in [0.25, 0.3) is 0 Å². The largest absolute Gasteiger partial charge is 0.378 e. The van der Waals surface area contributed by atoms with E-state index in [1.54, 1.807) is 11.3 Å². The van der Waals surface area contributed by atoms with E-state index in [1.807, 2.05) is 9.80 Å². The lowest BCUT2D eigenvalue weighted by Crippen LogP contribution is -2.49. The van der Waals surface area contributed by atoms with Gasteiger partial charge in [-0.15, -0.1) is 0 Å². The van der Waals surface area contributed by atoms with E-state index in [1.165, 1.54) is 15.8 Å². The van der Waals surface area contributed by atoms with Gasteiger partial charge in [0.1, 0.15) is 0 Å². The van der Waals surface area contributed by atoms with Gasteiger partial charge < -0.3 is 19.4 Å². The molecule has 3 heterocycles. The lowest BCUT2D eigenvalue weighted by Gasteiger charge is -2.32. The Morgan fingerprint density at radius 2 is 1.81 bits per heavy atom. The van der Waals surface area contributed by atoms with Crippen LogP contribution >= 0.6 is 11.3 Å². The second kappa shape index (κ2) is 7.40. The number of urea groups is 1. The van der Waals surface area contributed by atoms with Crippen LogP contribution in [0.2, 0.25) is 0 Å². The molecule has 1 aromatic heterocycles. The topological polar surface area (TPSA) is 48.9 Å². The first-order chi connectivity index (χ1) is 12.6. The number of benzene rings is 1. The Labute approximate surface area is 158 Å². The second-order valence-corrected chi connectivity index (χ2v) is 8.11. The summed E-state index contributed by atoms with van der Waals surface area (Å²) in [7, 11) is 0. The number of anilines is 1. The Morgan fingerprint density at radius 1 is 1.04 bits per heavy atom. The fourth-order valence-corrected chi connectivity index (χ4v) is 4.82. The van der Waals surface area contributed by atoms with Gasteiger partial charge in [-0.05, 0) is 37.5 Å². The lowest BCUT2D eigenvalue weighted by atomic mass is 10.1. The van der Waals surface area contributed by atoms with Crippen molar-refractivity contribution >= 4 is 32.7 Å². The summed E-state index contributed by atoms with van der Waals surface area (Å²) >= 11 is 1.77. The van der Waals surface area contributed by atoms with Gasteiger partial charge in [-0.3, -0.25) is 0 Å². The van der Waals surface area contributed by atoms with Gasteiger partial charge >= 0.3 is 6.03 Å². The zero-order valence-electron chi connectivity index (χ0n) is 15.5. The molecule has 140 valence electrons. The highest BCUT2D eigenvalue weighted by Gasteiger charge is 2.26. The van der Waals surface area contributed by atoms with Crippen molar-refractivity contribution in [1.82, 2.24) is 14.8 Å². The van der Waals surface area contributed by atoms with Gasteiger partial charge in [-0.1, -0.05) is 17.4 Å². The summed E-state index contributed by atoms with van der Waals surface area (Å²) in [4.78, 5) is 23.9. The molecule has 1 aromatic carbocycles. The first-order valence-electron chi connectivity index (χ1n) is 9.36. The van der Waals surface area contributed by atoms with E-state index in [-0.39, 0.29) is 6.03 Å². The molecule has 0 unspecified atom stereocenters. The van der Waals surface area contributed by atoms with Crippen molar-refractivity contribution in [3.05, 3.63) is 23.3 Å². The molecular weight excluding hydrogens is 348 g/mol. The molecule has 2 aromatic rings. The standard InChI is InChI=1S/C19H26N4O2S/c1-14-12-15(2)17-16(13-14)20-18(26-17)21-4-3-5-22(7-6-21)19(24)23-8-10-25-11-9-23/h12-13H,3-11H2,1-2H3. The molecule has 0 N–H and O–H groups in total. The third-order valence-corrected chi connectivity index (χ3v) is 6.39. The number of hydrogen-bond acceptors (Lipinski definition) is 5. The molecule has 2 fully saturated rings. The van der Waals surface area contributed by atoms with Crippen molar-refractivity contribution in [3.63, 3.8) is 0 Å². The molecule has 0 saturated carbocycles. The van der Waals surface area contributed by atoms with E-state index in [2.05, 4.69) is 30.9 Å². The van der Waals surface area contributed by atoms with Crippen molar-refractivity contribution in [2.45, 2.75) is 20.3 Å². The SMILES string of the molecule is Cc1cc(C)c2sc(N3CCCN(C(=O)N4CCOCC4)CC3)nc2c1. The molecule has 26 heavy (non-hydrogen) atoms. The average Bonchev–Trinajstić information content (AvgIpc) is 2.92. The number of thiazole rings is 1. The summed E-state index contributed by atoms with van der Waals surface area (Å²) in [6.45, 7) is 10.3. The van der Waals surface area contributed by atoms with Gasteiger partial charge in [0.2, 0.25) is 0 Å². The maximum absolute atomic E-state index is 12.7. The van der Waals surface area contributed by atoms with Crippen LogP contribution < -0.4 is 4.90 Å². The second-order valence-electron chi connectivity index (χ2n) is 7.14. The Balaban J connectivity index is 1.46. The van der Waals surface area contributed by atoms with E-state index in [9.17, 15) is 4.79 Å². The van der Waals surface area contributed by atoms with E-state index in [4.69, 9.17) is 9.72 Å². The van der Waals surface area contributed by atoms with Crippen LogP contribution in [0.1, 0.15) is 17.5 Å². The van der Waals surface area contributed by atoms with Crippen LogP contribution in [0.25, 0.3) is 10.2 Å². The molecule has 0 bridgehead atoms. The predicted molar refractivity (Wildman–Crippen MR) is 105 cm³/mol. The van der Waals surface area contributed by atoms with Crippen molar-refractivity contribution < 1.29 is 9.53 Å². The van der Waals surface area contributed by atoms with Crippen molar-refractivity contribution in [3.8, 4) is 0 Å². The Hall–Kier alpha value is -1.86. The first-order valence-corrected chi connectivity index (χ1v) is 10.2. The maximum atomic E-state index is 12.7. The zero-order valence-corrected chi connectivity index (χ0v) is 16.3. The molecular formula is C19H26N4O2S. The van der Waals surface area contributed by atoms with Gasteiger partial charge in [0, 0.05) is 39.3 Å². The maximum Gasteiger partial charge on any atom is 0.320 e. The van der Waals surface area contributed by atoms with Crippen LogP contribution in [0, 0.1) is 13.8 Å². The summed E-state index contributed by atoms with van der Waals surface area (Å²) in [6.07, 6.45) is 0.976. The number of morpholine rings is 1. The van der Waals surface area contributed by atoms with Gasteiger partial charge in [-0.25, -0.2) is 9.78 Å². The molecule has 6 nitrogen and oxygen atoms in total. The molecule has 4 rings (SSSR count). The normalized spacial score (nSPS) is 19.1. The number of ether oxygens (including phenoxy) is 1. The minimum atomic E-state index is 0.158. The minimum absolute atomic E-state index is 0.158. The minimum Gasteiger partial charge on any atom is -0.378 e. The van der Waals surface area contributed by atoms with Crippen LogP contribution in [0.3, 0.4) is 0 Å². The van der Waals surface area contributed by atoms with Crippen LogP contribution in [0.5, 0.6) is 0 Å². The molecule has 7 heteroatoms. The lowest BCUT2D eigenvalue weighted by molar-refractivity contribution is 0.0438. The van der Waals surface area contributed by atoms with Crippen LogP contribution in [0.15, 0.2) is 12.1 Å². The molecule has 2 aliphatic heterocycles. The first kappa shape index (κ1) is 17.5. The number of hydrogen-bond donors (Lipinski definition) is 0. The number of amides is 2. The third-order valence-electron chi connectivity index (χ3n) is 5.13. The molecule has 2 saturated heterocycles. The fourth-order valence-electron chi connectivity index (χ4n) is 3.75. The monoisotopic (exact) mass is 374 g/mol. The third kappa shape index (κ3) is 3.50. The quantitative estimate of drug-likeness (QED) is 0.770. The van der Waals surface area contributed by atoms with Gasteiger partial charge in [0.15, 0.2) is 5.13 Å². The van der Waals surface area contributed by atoms with Crippen molar-refractivity contribution in [2.24, 2.45) is 0 Å². The van der Waals surface area contributed by atoms with E-state index in [0.717, 1.165) is 43.2 Å². The molecule has 0 aliphatic carbocycles. The van der Waals surface area contributed by atoms with Crippen molar-refractivity contribution in [1.29, 1.82) is 0 Å². The van der Waals surface area contributed by atoms with E-state index < -0.39 is 0 Å². The van der Waals surface area contributed by atoms with Crippen LogP contribution in [0.4, 0.5) is 9.93 Å². The number of carbonyl (C=O) groups excluding carboxylic acids is 1. The Kier molecular flexibility index (Phi) is 5.00. The summed E-state index contributed by atoms with van der Waals surface area (Å²) in [5.74, 6) is 0. The predicted octanol–water partition coefficient (Wildman–Crippen LogP) is 2.88. The number of aryl methyl sites for hydroxylation is 2. The summed E-state index contributed by atoms with van der Waals surface area (Å²) in [5, 5.41) is 1.08. The Morgan fingerprint density at radius 3 is 2.62 bits per heavy atom. The molecule has 2 aliphatic rings. The Bertz CT molecular complexity index is 800. The number of fused-ring (bicyclic) bond motifs is 1. The van der Waals surface area contributed by atoms with Gasteiger partial charge in [0.05, 0.1) is 23.4 Å². The van der Waals surface area contributed by atoms with Crippen LogP contribution in [-0.2, 0) is 4.74 Å². The summed E-state index contributed by atoms with van der Waals surface area (Å²) in [6, 6.07) is 4.54. The number of rotatable bonds is 1. The fraction of sp³-hybridized carbons (Fsp3) is 0.579. The van der Waals surface area contributed by atoms with E-state index >= 15 is 0 Å². The zero-order chi connectivity index (χ0) is 18.1. The van der Waals surface area contributed by atoms with E-state index in [0.29, 0.717) is 26.3 Å². The molecule has 0 spiro atoms. The number of aromatic nitrogens is 1. The summed E-state index contributed by atoms with van der Waals surface area (Å²) < 4.78 is 6.63. The van der Waals surface area contributed by atoms with Gasteiger partial charge in [-0.2, -0.15) is 0 Å². The highest BCUT2D eigenvalue weighted by Crippen LogP contribution is 2.32. The number of nitrogens with zero attached hydrogens (tertiary/aromatic N) is 4. The molecule has 0 radical (unpaired) electrons. The van der Waals surface area contributed by atoms with Crippen molar-refractivity contribution in [2.75, 3.05) is 57.4 Å². The van der Waals surface area contributed by atoms with Crippen LogP contribution in [-0.4, -0.2) is 73.3 Å². The number of carbonyl (C=O) groups is 1. The highest BCUT2D eigenvalue weighted by atomic mass is 32.1. The molecule has 0 atom stereocenters. The average molecular weight is 375 g/mol. The highest BCUT2D eigenvalue weighted by molar-refractivity contribution is 7.22. The summed E-state index contributed by atoms with van der Waals surface area (Å²) in [5.41, 5.74) is 3.64.